The molecule has 2 atom stereocenters. The summed E-state index contributed by atoms with van der Waals surface area (Å²) in [5, 5.41) is 19.7. The highest BCUT2D eigenvalue weighted by Crippen LogP contribution is 2.08. The quantitative estimate of drug-likeness (QED) is 0.704. The molecule has 0 saturated carbocycles. The van der Waals surface area contributed by atoms with E-state index in [1.54, 1.807) is 20.8 Å². The fourth-order valence-corrected chi connectivity index (χ4v) is 1.03. The Morgan fingerprint density at radius 2 is 1.93 bits per heavy atom. The largest absolute Gasteiger partial charge is 0.480 e. The first-order chi connectivity index (χ1) is 6.90. The molecule has 0 aromatic carbocycles. The Balaban J connectivity index is 4.49. The Bertz CT molecular complexity index is 281. The molecule has 0 bridgehead atoms. The molecule has 0 aromatic rings. The van der Waals surface area contributed by atoms with E-state index in [1.807, 2.05) is 6.07 Å². The number of rotatable bonds is 5. The monoisotopic (exact) mass is 212 g/mol. The maximum atomic E-state index is 11.3. The minimum Gasteiger partial charge on any atom is -0.480 e. The molecule has 0 aliphatic rings. The highest BCUT2D eigenvalue weighted by Gasteiger charge is 2.26. The molecule has 0 unspecified atom stereocenters. The second kappa shape index (κ2) is 6.02. The predicted octanol–water partition coefficient (Wildman–Crippen LogP) is 0.762. The molecule has 0 fully saturated rings. The topological polar surface area (TPSA) is 90.2 Å². The molecule has 5 heteroatoms. The molecule has 0 rings (SSSR count). The molecule has 0 heterocycles. The van der Waals surface area contributed by atoms with Crippen molar-refractivity contribution in [3.63, 3.8) is 0 Å². The van der Waals surface area contributed by atoms with E-state index in [0.29, 0.717) is 0 Å². The lowest BCUT2D eigenvalue weighted by Gasteiger charge is -2.20. The lowest BCUT2D eigenvalue weighted by Crippen LogP contribution is -2.46. The van der Waals surface area contributed by atoms with E-state index in [1.165, 1.54) is 0 Å². The first kappa shape index (κ1) is 13.4. The van der Waals surface area contributed by atoms with E-state index in [2.05, 4.69) is 5.32 Å². The van der Waals surface area contributed by atoms with Gasteiger partial charge in [0.05, 0.1) is 6.07 Å². The van der Waals surface area contributed by atoms with Gasteiger partial charge in [0.2, 0.25) is 5.91 Å². The number of carbonyl (C=O) groups is 2. The zero-order chi connectivity index (χ0) is 12.0. The molecule has 1 amide bonds. The van der Waals surface area contributed by atoms with Gasteiger partial charge in [-0.2, -0.15) is 5.26 Å². The van der Waals surface area contributed by atoms with Crippen LogP contribution in [0.3, 0.4) is 0 Å². The van der Waals surface area contributed by atoms with Crippen molar-refractivity contribution in [1.29, 1.82) is 5.26 Å². The van der Waals surface area contributed by atoms with Crippen LogP contribution >= 0.6 is 0 Å². The van der Waals surface area contributed by atoms with Crippen LogP contribution in [0.4, 0.5) is 0 Å². The second-order valence-corrected chi connectivity index (χ2v) is 3.82. The lowest BCUT2D eigenvalue weighted by molar-refractivity contribution is -0.143. The van der Waals surface area contributed by atoms with Crippen LogP contribution in [0.5, 0.6) is 0 Å². The van der Waals surface area contributed by atoms with Crippen LogP contribution in [0.25, 0.3) is 0 Å². The van der Waals surface area contributed by atoms with Gasteiger partial charge in [0.15, 0.2) is 0 Å². The molecular formula is C10H16N2O3. The zero-order valence-electron chi connectivity index (χ0n) is 9.15. The third-order valence-electron chi connectivity index (χ3n) is 2.07. The predicted molar refractivity (Wildman–Crippen MR) is 53.8 cm³/mol. The maximum absolute atomic E-state index is 11.3. The first-order valence-electron chi connectivity index (χ1n) is 4.80. The fourth-order valence-electron chi connectivity index (χ4n) is 1.03. The molecule has 2 N–H and O–H groups in total. The summed E-state index contributed by atoms with van der Waals surface area (Å²) in [7, 11) is 0. The van der Waals surface area contributed by atoms with Gasteiger partial charge < -0.3 is 10.4 Å². The molecule has 0 saturated heterocycles. The Morgan fingerprint density at radius 3 is 2.27 bits per heavy atom. The summed E-state index contributed by atoms with van der Waals surface area (Å²) in [4.78, 5) is 22.2. The summed E-state index contributed by atoms with van der Waals surface area (Å²) in [5.41, 5.74) is 0. The molecule has 0 aromatic heterocycles. The average Bonchev–Trinajstić information content (AvgIpc) is 2.13. The van der Waals surface area contributed by atoms with Crippen LogP contribution in [0.15, 0.2) is 0 Å². The molecule has 5 nitrogen and oxygen atoms in total. The van der Waals surface area contributed by atoms with Crippen molar-refractivity contribution in [2.45, 2.75) is 33.2 Å². The average molecular weight is 212 g/mol. The molecule has 0 aliphatic heterocycles. The SMILES string of the molecule is CC(C)C(=O)N[C@@H](C(=O)O)[C@H](C)CC#N. The number of hydrogen-bond donors (Lipinski definition) is 2. The number of nitriles is 1. The van der Waals surface area contributed by atoms with Crippen LogP contribution in [0, 0.1) is 23.2 Å². The van der Waals surface area contributed by atoms with Crippen molar-refractivity contribution in [2.24, 2.45) is 11.8 Å². The summed E-state index contributed by atoms with van der Waals surface area (Å²) < 4.78 is 0. The summed E-state index contributed by atoms with van der Waals surface area (Å²) in [6, 6.07) is 0.904. The number of hydrogen-bond acceptors (Lipinski definition) is 3. The molecule has 84 valence electrons. The van der Waals surface area contributed by atoms with Crippen molar-refractivity contribution < 1.29 is 14.7 Å². The molecule has 0 aliphatic carbocycles. The highest BCUT2D eigenvalue weighted by atomic mass is 16.4. The smallest absolute Gasteiger partial charge is 0.326 e. The van der Waals surface area contributed by atoms with Gasteiger partial charge >= 0.3 is 5.97 Å². The van der Waals surface area contributed by atoms with E-state index in [0.717, 1.165) is 0 Å². The van der Waals surface area contributed by atoms with Gasteiger partial charge in [0, 0.05) is 18.3 Å². The summed E-state index contributed by atoms with van der Waals surface area (Å²) >= 11 is 0. The minimum atomic E-state index is -1.10. The van der Waals surface area contributed by atoms with E-state index >= 15 is 0 Å². The number of carboxylic acids is 1. The van der Waals surface area contributed by atoms with Gasteiger partial charge in [0.1, 0.15) is 6.04 Å². The van der Waals surface area contributed by atoms with Gasteiger partial charge in [-0.05, 0) is 0 Å². The molecule has 0 radical (unpaired) electrons. The third-order valence-corrected chi connectivity index (χ3v) is 2.07. The number of nitrogens with one attached hydrogen (secondary N) is 1. The van der Waals surface area contributed by atoms with Crippen molar-refractivity contribution in [1.82, 2.24) is 5.32 Å². The fraction of sp³-hybridized carbons (Fsp3) is 0.700. The van der Waals surface area contributed by atoms with Gasteiger partial charge in [-0.25, -0.2) is 4.79 Å². The summed E-state index contributed by atoms with van der Waals surface area (Å²) in [5.74, 6) is -2.07. The van der Waals surface area contributed by atoms with Crippen LogP contribution < -0.4 is 5.32 Å². The number of carbonyl (C=O) groups excluding carboxylic acids is 1. The van der Waals surface area contributed by atoms with Crippen LogP contribution in [0.2, 0.25) is 0 Å². The normalized spacial score (nSPS) is 14.1. The Morgan fingerprint density at radius 1 is 1.40 bits per heavy atom. The zero-order valence-corrected chi connectivity index (χ0v) is 9.15. The Kier molecular flexibility index (Phi) is 5.39. The van der Waals surface area contributed by atoms with Gasteiger partial charge in [-0.3, -0.25) is 4.79 Å². The van der Waals surface area contributed by atoms with E-state index in [9.17, 15) is 9.59 Å². The maximum Gasteiger partial charge on any atom is 0.326 e. The van der Waals surface area contributed by atoms with Crippen molar-refractivity contribution >= 4 is 11.9 Å². The van der Waals surface area contributed by atoms with E-state index in [-0.39, 0.29) is 18.2 Å². The highest BCUT2D eigenvalue weighted by molar-refractivity contribution is 5.84. The Labute approximate surface area is 89.1 Å². The Hall–Kier alpha value is -1.57. The number of amides is 1. The van der Waals surface area contributed by atoms with Crippen molar-refractivity contribution in [3.05, 3.63) is 0 Å². The van der Waals surface area contributed by atoms with Crippen LogP contribution in [-0.4, -0.2) is 23.0 Å². The number of nitrogens with zero attached hydrogens (tertiary/aromatic N) is 1. The second-order valence-electron chi connectivity index (χ2n) is 3.82. The van der Waals surface area contributed by atoms with E-state index in [4.69, 9.17) is 10.4 Å². The molecule has 15 heavy (non-hydrogen) atoms. The summed E-state index contributed by atoms with van der Waals surface area (Å²) in [6.07, 6.45) is 0.106. The van der Waals surface area contributed by atoms with Crippen LogP contribution in [0.1, 0.15) is 27.2 Å². The standard InChI is InChI=1S/C10H16N2O3/c1-6(2)9(13)12-8(10(14)15)7(3)4-5-11/h6-8H,4H2,1-3H3,(H,12,13)(H,14,15)/t7-,8-/m1/s1. The van der Waals surface area contributed by atoms with Crippen molar-refractivity contribution in [2.75, 3.05) is 0 Å². The molecule has 0 spiro atoms. The summed E-state index contributed by atoms with van der Waals surface area (Å²) in [6.45, 7) is 5.00. The van der Waals surface area contributed by atoms with Crippen LogP contribution in [-0.2, 0) is 9.59 Å². The van der Waals surface area contributed by atoms with E-state index < -0.39 is 17.9 Å². The first-order valence-corrected chi connectivity index (χ1v) is 4.80. The minimum absolute atomic E-state index is 0.106. The number of carboxylic acid groups (broad SMARTS) is 1. The van der Waals surface area contributed by atoms with Crippen molar-refractivity contribution in [3.8, 4) is 6.07 Å². The third kappa shape index (κ3) is 4.45. The van der Waals surface area contributed by atoms with Gasteiger partial charge in [-0.1, -0.05) is 20.8 Å². The number of aliphatic carboxylic acids is 1. The van der Waals surface area contributed by atoms with Gasteiger partial charge in [0.25, 0.3) is 0 Å². The van der Waals surface area contributed by atoms with Gasteiger partial charge in [-0.15, -0.1) is 0 Å². The lowest BCUT2D eigenvalue weighted by atomic mass is 9.98. The molecular weight excluding hydrogens is 196 g/mol.